The van der Waals surface area contributed by atoms with Gasteiger partial charge in [-0.05, 0) is 37.0 Å². The summed E-state index contributed by atoms with van der Waals surface area (Å²) < 4.78 is 7.34. The molecule has 5 rings (SSSR count). The lowest BCUT2D eigenvalue weighted by Gasteiger charge is -2.25. The zero-order valence-electron chi connectivity index (χ0n) is 19.7. The van der Waals surface area contributed by atoms with E-state index in [0.29, 0.717) is 23.3 Å². The summed E-state index contributed by atoms with van der Waals surface area (Å²) in [6.07, 6.45) is 7.30. The number of carbonyl (C=O) groups excluding carboxylic acids is 1. The first-order valence-electron chi connectivity index (χ1n) is 11.9. The molecule has 0 saturated carbocycles. The lowest BCUT2D eigenvalue weighted by atomic mass is 10.1. The number of fused-ring (bicyclic) bond motifs is 1. The fourth-order valence-electron chi connectivity index (χ4n) is 4.45. The van der Waals surface area contributed by atoms with Crippen LogP contribution < -0.4 is 5.56 Å². The third-order valence-electron chi connectivity index (χ3n) is 6.39. The number of aryl methyl sites for hydroxylation is 2. The maximum atomic E-state index is 13.4. The summed E-state index contributed by atoms with van der Waals surface area (Å²) in [4.78, 5) is 37.9. The van der Waals surface area contributed by atoms with E-state index < -0.39 is 0 Å². The van der Waals surface area contributed by atoms with Crippen molar-refractivity contribution in [3.63, 3.8) is 0 Å². The zero-order valence-corrected chi connectivity index (χ0v) is 20.5. The van der Waals surface area contributed by atoms with Crippen LogP contribution in [-0.4, -0.2) is 44.6 Å². The van der Waals surface area contributed by atoms with E-state index in [0.717, 1.165) is 36.1 Å². The molecule has 1 aromatic carbocycles. The highest BCUT2D eigenvalue weighted by Crippen LogP contribution is 2.30. The summed E-state index contributed by atoms with van der Waals surface area (Å²) in [7, 11) is 0. The van der Waals surface area contributed by atoms with E-state index in [4.69, 9.17) is 4.74 Å². The number of benzene rings is 1. The standard InChI is InChI=1S/C27H28N4O3S/c1-19-6-8-21(9-7-19)23-17-35-26-25(23)27(33)30(18-29-26)12-10-24(32)31(16-22-5-3-13-34-22)15-20-4-2-11-28-14-20/h2,4,6-9,11,14,17-18,22H,3,5,10,12-13,15-16H2,1H3. The van der Waals surface area contributed by atoms with Crippen LogP contribution in [-0.2, 0) is 22.6 Å². The van der Waals surface area contributed by atoms with Crippen LogP contribution in [0.25, 0.3) is 21.3 Å². The highest BCUT2D eigenvalue weighted by molar-refractivity contribution is 7.17. The number of pyridine rings is 1. The second-order valence-electron chi connectivity index (χ2n) is 8.96. The number of carbonyl (C=O) groups is 1. The summed E-state index contributed by atoms with van der Waals surface area (Å²) in [6, 6.07) is 12.0. The van der Waals surface area contributed by atoms with E-state index in [-0.39, 0.29) is 30.5 Å². The SMILES string of the molecule is Cc1ccc(-c2csc3ncn(CCC(=O)N(Cc4cccnc4)CC4CCCO4)c(=O)c23)cc1. The maximum Gasteiger partial charge on any atom is 0.262 e. The molecular formula is C27H28N4O3S. The Morgan fingerprint density at radius 3 is 2.86 bits per heavy atom. The number of ether oxygens (including phenoxy) is 1. The van der Waals surface area contributed by atoms with Crippen molar-refractivity contribution in [3.05, 3.63) is 82.0 Å². The van der Waals surface area contributed by atoms with Gasteiger partial charge in [0.25, 0.3) is 5.56 Å². The molecular weight excluding hydrogens is 460 g/mol. The van der Waals surface area contributed by atoms with E-state index in [1.54, 1.807) is 23.3 Å². The molecule has 3 aromatic heterocycles. The lowest BCUT2D eigenvalue weighted by molar-refractivity contribution is -0.133. The Hall–Kier alpha value is -3.36. The Balaban J connectivity index is 1.35. The molecule has 4 heterocycles. The van der Waals surface area contributed by atoms with Crippen LogP contribution in [0.1, 0.15) is 30.4 Å². The summed E-state index contributed by atoms with van der Waals surface area (Å²) in [5.41, 5.74) is 3.91. The minimum absolute atomic E-state index is 0.0135. The monoisotopic (exact) mass is 488 g/mol. The van der Waals surface area contributed by atoms with Crippen molar-refractivity contribution in [2.24, 2.45) is 0 Å². The predicted octanol–water partition coefficient (Wildman–Crippen LogP) is 4.43. The van der Waals surface area contributed by atoms with Gasteiger partial charge in [-0.3, -0.25) is 19.1 Å². The fourth-order valence-corrected chi connectivity index (χ4v) is 5.35. The van der Waals surface area contributed by atoms with Crippen molar-refractivity contribution in [1.29, 1.82) is 0 Å². The highest BCUT2D eigenvalue weighted by atomic mass is 32.1. The van der Waals surface area contributed by atoms with Crippen molar-refractivity contribution >= 4 is 27.5 Å². The summed E-state index contributed by atoms with van der Waals surface area (Å²) in [5, 5.41) is 2.59. The van der Waals surface area contributed by atoms with Crippen molar-refractivity contribution in [3.8, 4) is 11.1 Å². The molecule has 1 saturated heterocycles. The summed E-state index contributed by atoms with van der Waals surface area (Å²) >= 11 is 1.46. The maximum absolute atomic E-state index is 13.4. The van der Waals surface area contributed by atoms with Crippen LogP contribution in [0, 0.1) is 6.92 Å². The van der Waals surface area contributed by atoms with Crippen LogP contribution >= 0.6 is 11.3 Å². The van der Waals surface area contributed by atoms with E-state index in [1.807, 2.05) is 53.6 Å². The van der Waals surface area contributed by atoms with E-state index in [2.05, 4.69) is 9.97 Å². The van der Waals surface area contributed by atoms with Gasteiger partial charge in [-0.15, -0.1) is 11.3 Å². The molecule has 35 heavy (non-hydrogen) atoms. The van der Waals surface area contributed by atoms with Crippen molar-refractivity contribution in [2.45, 2.75) is 45.4 Å². The van der Waals surface area contributed by atoms with E-state index in [9.17, 15) is 9.59 Å². The molecule has 1 aliphatic heterocycles. The number of thiophene rings is 1. The molecule has 8 heteroatoms. The van der Waals surface area contributed by atoms with Gasteiger partial charge in [0.15, 0.2) is 0 Å². The molecule has 0 N–H and O–H groups in total. The number of nitrogens with zero attached hydrogens (tertiary/aromatic N) is 4. The number of amides is 1. The Morgan fingerprint density at radius 1 is 1.26 bits per heavy atom. The smallest absolute Gasteiger partial charge is 0.262 e. The molecule has 180 valence electrons. The molecule has 0 bridgehead atoms. The van der Waals surface area contributed by atoms with Gasteiger partial charge in [0.2, 0.25) is 5.91 Å². The van der Waals surface area contributed by atoms with Crippen molar-refractivity contribution < 1.29 is 9.53 Å². The van der Waals surface area contributed by atoms with Crippen LogP contribution in [0.2, 0.25) is 0 Å². The average Bonchev–Trinajstić information content (AvgIpc) is 3.55. The van der Waals surface area contributed by atoms with Gasteiger partial charge >= 0.3 is 0 Å². The second kappa shape index (κ2) is 10.5. The first-order valence-corrected chi connectivity index (χ1v) is 12.8. The average molecular weight is 489 g/mol. The minimum Gasteiger partial charge on any atom is -0.376 e. The predicted molar refractivity (Wildman–Crippen MR) is 137 cm³/mol. The van der Waals surface area contributed by atoms with Gasteiger partial charge in [0.05, 0.1) is 17.8 Å². The zero-order chi connectivity index (χ0) is 24.2. The lowest BCUT2D eigenvalue weighted by Crippen LogP contribution is -2.37. The molecule has 0 radical (unpaired) electrons. The first kappa shape index (κ1) is 23.4. The molecule has 0 aliphatic carbocycles. The second-order valence-corrected chi connectivity index (χ2v) is 9.82. The largest absolute Gasteiger partial charge is 0.376 e. The van der Waals surface area contributed by atoms with Gasteiger partial charge in [0.1, 0.15) is 4.83 Å². The van der Waals surface area contributed by atoms with Gasteiger partial charge in [-0.1, -0.05) is 35.9 Å². The molecule has 1 unspecified atom stereocenters. The number of rotatable bonds is 8. The number of aromatic nitrogens is 3. The summed E-state index contributed by atoms with van der Waals surface area (Å²) in [6.45, 7) is 4.07. The van der Waals surface area contributed by atoms with Crippen LogP contribution in [0.4, 0.5) is 0 Å². The Kier molecular flexibility index (Phi) is 7.01. The normalized spacial score (nSPS) is 15.5. The Morgan fingerprint density at radius 2 is 2.11 bits per heavy atom. The third-order valence-corrected chi connectivity index (χ3v) is 7.27. The molecule has 1 fully saturated rings. The molecule has 1 atom stereocenters. The molecule has 7 nitrogen and oxygen atoms in total. The van der Waals surface area contributed by atoms with Gasteiger partial charge in [0, 0.05) is 56.0 Å². The molecule has 1 aliphatic rings. The molecule has 0 spiro atoms. The fraction of sp³-hybridized carbons (Fsp3) is 0.333. The minimum atomic E-state index is -0.113. The van der Waals surface area contributed by atoms with Crippen LogP contribution in [0.5, 0.6) is 0 Å². The molecule has 4 aromatic rings. The number of hydrogen-bond acceptors (Lipinski definition) is 6. The highest BCUT2D eigenvalue weighted by Gasteiger charge is 2.23. The number of hydrogen-bond donors (Lipinski definition) is 0. The Labute approximate surface area is 208 Å². The molecule has 1 amide bonds. The summed E-state index contributed by atoms with van der Waals surface area (Å²) in [5.74, 6) is -0.0135. The first-order chi connectivity index (χ1) is 17.1. The van der Waals surface area contributed by atoms with Gasteiger partial charge < -0.3 is 9.64 Å². The van der Waals surface area contributed by atoms with E-state index >= 15 is 0 Å². The topological polar surface area (TPSA) is 77.3 Å². The van der Waals surface area contributed by atoms with Crippen molar-refractivity contribution in [2.75, 3.05) is 13.2 Å². The van der Waals surface area contributed by atoms with Crippen LogP contribution in [0.15, 0.2) is 65.3 Å². The third kappa shape index (κ3) is 5.33. The Bertz CT molecular complexity index is 1360. The van der Waals surface area contributed by atoms with Gasteiger partial charge in [-0.25, -0.2) is 4.98 Å². The van der Waals surface area contributed by atoms with Crippen LogP contribution in [0.3, 0.4) is 0 Å². The van der Waals surface area contributed by atoms with Crippen molar-refractivity contribution in [1.82, 2.24) is 19.4 Å². The quantitative estimate of drug-likeness (QED) is 0.367. The van der Waals surface area contributed by atoms with E-state index in [1.165, 1.54) is 16.9 Å². The van der Waals surface area contributed by atoms with Gasteiger partial charge in [-0.2, -0.15) is 0 Å².